The first kappa shape index (κ1) is 20.7. The monoisotopic (exact) mass is 420 g/mol. The summed E-state index contributed by atoms with van der Waals surface area (Å²) in [5.41, 5.74) is 2.39. The van der Waals surface area contributed by atoms with Crippen LogP contribution in [0.1, 0.15) is 30.1 Å². The smallest absolute Gasteiger partial charge is 0.255 e. The van der Waals surface area contributed by atoms with Gasteiger partial charge in [-0.05, 0) is 38.0 Å². The fraction of sp³-hybridized carbons (Fsp3) is 0.292. The lowest BCUT2D eigenvalue weighted by Crippen LogP contribution is -2.31. The highest BCUT2D eigenvalue weighted by molar-refractivity contribution is 6.22. The zero-order valence-corrected chi connectivity index (χ0v) is 17.7. The molecule has 0 aromatic heterocycles. The van der Waals surface area contributed by atoms with Crippen molar-refractivity contribution in [1.29, 1.82) is 0 Å². The largest absolute Gasteiger partial charge is 0.497 e. The fourth-order valence-corrected chi connectivity index (χ4v) is 4.16. The van der Waals surface area contributed by atoms with Gasteiger partial charge in [-0.2, -0.15) is 0 Å². The molecule has 1 N–H and O–H groups in total. The van der Waals surface area contributed by atoms with Gasteiger partial charge in [0.2, 0.25) is 11.8 Å². The molecule has 2 atom stereocenters. The van der Waals surface area contributed by atoms with Gasteiger partial charge in [0.05, 0.1) is 31.7 Å². The molecule has 1 saturated heterocycles. The van der Waals surface area contributed by atoms with Gasteiger partial charge in [-0.15, -0.1) is 0 Å². The molecule has 2 aliphatic rings. The minimum atomic E-state index is -0.369. The number of hydrogen-bond donors (Lipinski definition) is 1. The summed E-state index contributed by atoms with van der Waals surface area (Å²) < 4.78 is 10.5. The molecule has 2 aromatic rings. The van der Waals surface area contributed by atoms with Crippen LogP contribution in [0.2, 0.25) is 0 Å². The van der Waals surface area contributed by atoms with E-state index in [9.17, 15) is 14.4 Å². The number of ether oxygens (including phenoxy) is 2. The second kappa shape index (κ2) is 8.26. The minimum Gasteiger partial charge on any atom is -0.497 e. The van der Waals surface area contributed by atoms with Crippen molar-refractivity contribution < 1.29 is 23.9 Å². The highest BCUT2D eigenvalue weighted by atomic mass is 16.5. The standard InChI is InChI=1S/C24H24N2O5/c1-14-7-8-20-21(9-14)24(29)26(23(20)28)17-6-4-5-15(10-17)22(27)25-16-11-18(30-2)13-19(12-16)31-3/h4-7,10-13,20-21H,8-9H2,1-3H3,(H,25,27)/t20-,21+/m1/s1. The van der Waals surface area contributed by atoms with Gasteiger partial charge < -0.3 is 14.8 Å². The van der Waals surface area contributed by atoms with Crippen LogP contribution in [-0.2, 0) is 9.59 Å². The fourth-order valence-electron chi connectivity index (χ4n) is 4.16. The number of methoxy groups -OCH3 is 2. The lowest BCUT2D eigenvalue weighted by Gasteiger charge is -2.18. The van der Waals surface area contributed by atoms with Gasteiger partial charge in [-0.3, -0.25) is 19.3 Å². The van der Waals surface area contributed by atoms with Crippen LogP contribution in [0.5, 0.6) is 11.5 Å². The van der Waals surface area contributed by atoms with E-state index in [1.807, 2.05) is 13.0 Å². The Balaban J connectivity index is 1.57. The molecule has 1 fully saturated rings. The topological polar surface area (TPSA) is 84.9 Å². The Kier molecular flexibility index (Phi) is 5.50. The van der Waals surface area contributed by atoms with Crippen LogP contribution >= 0.6 is 0 Å². The molecule has 0 spiro atoms. The molecule has 1 heterocycles. The summed E-state index contributed by atoms with van der Waals surface area (Å²) in [4.78, 5) is 40.0. The summed E-state index contributed by atoms with van der Waals surface area (Å²) >= 11 is 0. The quantitative estimate of drug-likeness (QED) is 0.587. The molecule has 31 heavy (non-hydrogen) atoms. The number of carbonyl (C=O) groups is 3. The zero-order chi connectivity index (χ0) is 22.1. The van der Waals surface area contributed by atoms with Crippen LogP contribution in [0.25, 0.3) is 0 Å². The van der Waals surface area contributed by atoms with Gasteiger partial charge in [0.1, 0.15) is 11.5 Å². The maximum atomic E-state index is 13.0. The third kappa shape index (κ3) is 3.91. The number of benzene rings is 2. The highest BCUT2D eigenvalue weighted by Crippen LogP contribution is 2.39. The molecule has 3 amide bonds. The third-order valence-corrected chi connectivity index (χ3v) is 5.80. The number of anilines is 2. The summed E-state index contributed by atoms with van der Waals surface area (Å²) in [6.45, 7) is 1.98. The van der Waals surface area contributed by atoms with Crippen LogP contribution in [0.4, 0.5) is 11.4 Å². The maximum Gasteiger partial charge on any atom is 0.255 e. The van der Waals surface area contributed by atoms with Crippen molar-refractivity contribution in [2.75, 3.05) is 24.4 Å². The number of amides is 3. The van der Waals surface area contributed by atoms with Crippen LogP contribution in [-0.4, -0.2) is 31.9 Å². The van der Waals surface area contributed by atoms with E-state index in [4.69, 9.17) is 9.47 Å². The number of hydrogen-bond acceptors (Lipinski definition) is 5. The molecule has 0 bridgehead atoms. The first-order valence-electron chi connectivity index (χ1n) is 10.1. The number of fused-ring (bicyclic) bond motifs is 1. The third-order valence-electron chi connectivity index (χ3n) is 5.80. The molecular weight excluding hydrogens is 396 g/mol. The number of allylic oxidation sites excluding steroid dienone is 2. The van der Waals surface area contributed by atoms with Gasteiger partial charge in [0, 0.05) is 29.4 Å². The normalized spacial score (nSPS) is 20.2. The Morgan fingerprint density at radius 3 is 2.35 bits per heavy atom. The summed E-state index contributed by atoms with van der Waals surface area (Å²) in [5, 5.41) is 2.81. The van der Waals surface area contributed by atoms with Gasteiger partial charge in [0.25, 0.3) is 5.91 Å². The Hall–Kier alpha value is -3.61. The average molecular weight is 420 g/mol. The van der Waals surface area contributed by atoms with E-state index < -0.39 is 0 Å². The van der Waals surface area contributed by atoms with E-state index in [-0.39, 0.29) is 29.6 Å². The van der Waals surface area contributed by atoms with Crippen molar-refractivity contribution in [2.24, 2.45) is 11.8 Å². The van der Waals surface area contributed by atoms with Crippen LogP contribution in [0.3, 0.4) is 0 Å². The minimum absolute atomic E-state index is 0.197. The SMILES string of the molecule is COc1cc(NC(=O)c2cccc(N3C(=O)[C@H]4CC(C)=CC[C@H]4C3=O)c2)cc(OC)c1. The van der Waals surface area contributed by atoms with Crippen molar-refractivity contribution in [3.63, 3.8) is 0 Å². The zero-order valence-electron chi connectivity index (χ0n) is 17.7. The Morgan fingerprint density at radius 1 is 1.00 bits per heavy atom. The lowest BCUT2D eigenvalue weighted by atomic mass is 9.82. The molecule has 7 nitrogen and oxygen atoms in total. The van der Waals surface area contributed by atoms with Crippen molar-refractivity contribution in [2.45, 2.75) is 19.8 Å². The molecule has 4 rings (SSSR count). The second-order valence-corrected chi connectivity index (χ2v) is 7.82. The number of carbonyl (C=O) groups excluding carboxylic acids is 3. The Bertz CT molecular complexity index is 1070. The maximum absolute atomic E-state index is 13.0. The molecular formula is C24H24N2O5. The Labute approximate surface area is 180 Å². The van der Waals surface area contributed by atoms with E-state index in [1.165, 1.54) is 19.1 Å². The Morgan fingerprint density at radius 2 is 1.68 bits per heavy atom. The predicted molar refractivity (Wildman–Crippen MR) is 116 cm³/mol. The van der Waals surface area contributed by atoms with Crippen molar-refractivity contribution in [3.8, 4) is 11.5 Å². The summed E-state index contributed by atoms with van der Waals surface area (Å²) in [5.74, 6) is -0.318. The van der Waals surface area contributed by atoms with E-state index >= 15 is 0 Å². The van der Waals surface area contributed by atoms with Crippen LogP contribution in [0.15, 0.2) is 54.1 Å². The molecule has 1 aliphatic carbocycles. The van der Waals surface area contributed by atoms with Crippen molar-refractivity contribution >= 4 is 29.1 Å². The number of imide groups is 1. The summed E-state index contributed by atoms with van der Waals surface area (Å²) in [6, 6.07) is 11.6. The number of rotatable bonds is 5. The van der Waals surface area contributed by atoms with Gasteiger partial charge in [0.15, 0.2) is 0 Å². The van der Waals surface area contributed by atoms with Gasteiger partial charge >= 0.3 is 0 Å². The van der Waals surface area contributed by atoms with E-state index in [1.54, 1.807) is 42.5 Å². The molecule has 0 unspecified atom stereocenters. The van der Waals surface area contributed by atoms with Crippen LogP contribution < -0.4 is 19.7 Å². The second-order valence-electron chi connectivity index (χ2n) is 7.82. The molecule has 160 valence electrons. The lowest BCUT2D eigenvalue weighted by molar-refractivity contribution is -0.122. The van der Waals surface area contributed by atoms with E-state index in [0.717, 1.165) is 5.57 Å². The summed E-state index contributed by atoms with van der Waals surface area (Å²) in [6.07, 6.45) is 3.21. The molecule has 0 radical (unpaired) electrons. The van der Waals surface area contributed by atoms with Crippen molar-refractivity contribution in [3.05, 3.63) is 59.7 Å². The molecule has 1 aliphatic heterocycles. The average Bonchev–Trinajstić information content (AvgIpc) is 3.02. The number of nitrogens with one attached hydrogen (secondary N) is 1. The van der Waals surface area contributed by atoms with Crippen molar-refractivity contribution in [1.82, 2.24) is 0 Å². The van der Waals surface area contributed by atoms with Gasteiger partial charge in [-0.1, -0.05) is 17.7 Å². The van der Waals surface area contributed by atoms with Gasteiger partial charge in [-0.25, -0.2) is 0 Å². The molecule has 7 heteroatoms. The first-order chi connectivity index (χ1) is 14.9. The molecule has 0 saturated carbocycles. The number of nitrogens with zero attached hydrogens (tertiary/aromatic N) is 1. The first-order valence-corrected chi connectivity index (χ1v) is 10.1. The predicted octanol–water partition coefficient (Wildman–Crippen LogP) is 3.80. The summed E-state index contributed by atoms with van der Waals surface area (Å²) in [7, 11) is 3.06. The molecule has 2 aromatic carbocycles. The van der Waals surface area contributed by atoms with Crippen LogP contribution in [0, 0.1) is 11.8 Å². The van der Waals surface area contributed by atoms with E-state index in [0.29, 0.717) is 41.3 Å². The highest BCUT2D eigenvalue weighted by Gasteiger charge is 2.48. The van der Waals surface area contributed by atoms with E-state index in [2.05, 4.69) is 5.32 Å².